The van der Waals surface area contributed by atoms with Crippen molar-refractivity contribution in [3.63, 3.8) is 0 Å². The fourth-order valence-electron chi connectivity index (χ4n) is 3.96. The van der Waals surface area contributed by atoms with Crippen molar-refractivity contribution >= 4 is 28.6 Å². The summed E-state index contributed by atoms with van der Waals surface area (Å²) >= 11 is -0.930. The van der Waals surface area contributed by atoms with Crippen molar-refractivity contribution in [2.24, 2.45) is 5.73 Å². The summed E-state index contributed by atoms with van der Waals surface area (Å²) in [5.74, 6) is -0.561. The molecular weight excluding hydrogens is 352 g/mol. The summed E-state index contributed by atoms with van der Waals surface area (Å²) in [5.41, 5.74) is 5.51. The summed E-state index contributed by atoms with van der Waals surface area (Å²) in [7, 11) is 0. The summed E-state index contributed by atoms with van der Waals surface area (Å²) in [6.45, 7) is 0.321. The molecule has 1 aromatic rings. The van der Waals surface area contributed by atoms with E-state index in [1.54, 1.807) is 4.90 Å². The van der Waals surface area contributed by atoms with Crippen LogP contribution in [0.15, 0.2) is 12.1 Å². The third kappa shape index (κ3) is 2.84. The predicted molar refractivity (Wildman–Crippen MR) is 90.2 cm³/mol. The first-order valence-corrected chi connectivity index (χ1v) is 9.77. The van der Waals surface area contributed by atoms with Crippen LogP contribution >= 0.6 is 0 Å². The summed E-state index contributed by atoms with van der Waals surface area (Å²) in [6, 6.07) is 2.10. The molecular formula is C16H19F2N3O3S. The standard InChI is InChI=1S/C16H19F2N3O3S/c17-13-3-11(20-6-12(5-19)24-16(20)22)4-14(18)15(13)21-9-1-2-10(21)8-25(23)7-9/h3-4,9-10,12H,1-2,5-8,19H2/t9?,10?,12-,25?/m0/s1. The Bertz CT molecular complexity index is 670. The number of benzene rings is 1. The fourth-order valence-corrected chi connectivity index (χ4v) is 5.61. The van der Waals surface area contributed by atoms with E-state index < -0.39 is 35.0 Å². The molecule has 136 valence electrons. The zero-order valence-corrected chi connectivity index (χ0v) is 14.3. The number of halogens is 2. The molecule has 1 aromatic carbocycles. The van der Waals surface area contributed by atoms with Gasteiger partial charge in [0.25, 0.3) is 0 Å². The average Bonchev–Trinajstić information content (AvgIpc) is 3.05. The van der Waals surface area contributed by atoms with E-state index in [1.165, 1.54) is 4.90 Å². The van der Waals surface area contributed by atoms with Crippen LogP contribution in [0.1, 0.15) is 12.8 Å². The van der Waals surface area contributed by atoms with Crippen molar-refractivity contribution in [3.05, 3.63) is 23.8 Å². The fraction of sp³-hybridized carbons (Fsp3) is 0.562. The lowest BCUT2D eigenvalue weighted by atomic mass is 10.2. The lowest BCUT2D eigenvalue weighted by molar-refractivity contribution is 0.145. The minimum Gasteiger partial charge on any atom is -0.616 e. The summed E-state index contributed by atoms with van der Waals surface area (Å²) in [5, 5.41) is 0. The van der Waals surface area contributed by atoms with Crippen LogP contribution in [0.25, 0.3) is 0 Å². The SMILES string of the molecule is NC[C@H]1CN(c2cc(F)c(N3C4CCC3C[S+]([O-])C4)c(F)c2)C(=O)O1. The minimum atomic E-state index is -0.930. The van der Waals surface area contributed by atoms with E-state index in [2.05, 4.69) is 0 Å². The molecule has 3 saturated heterocycles. The number of nitrogens with two attached hydrogens (primary N) is 1. The molecule has 25 heavy (non-hydrogen) atoms. The van der Waals surface area contributed by atoms with Crippen LogP contribution in [0.5, 0.6) is 0 Å². The molecule has 6 nitrogen and oxygen atoms in total. The van der Waals surface area contributed by atoms with Gasteiger partial charge in [0, 0.05) is 18.7 Å². The van der Waals surface area contributed by atoms with E-state index in [4.69, 9.17) is 10.5 Å². The number of ether oxygens (including phenoxy) is 1. The number of nitrogens with zero attached hydrogens (tertiary/aromatic N) is 2. The van der Waals surface area contributed by atoms with Crippen LogP contribution in [-0.2, 0) is 15.9 Å². The number of anilines is 2. The van der Waals surface area contributed by atoms with Gasteiger partial charge < -0.3 is 19.9 Å². The summed E-state index contributed by atoms with van der Waals surface area (Å²) in [6.07, 6.45) is 0.433. The first-order chi connectivity index (χ1) is 12.0. The van der Waals surface area contributed by atoms with Gasteiger partial charge in [-0.1, -0.05) is 0 Å². The maximum atomic E-state index is 14.8. The van der Waals surface area contributed by atoms with Crippen molar-refractivity contribution < 1.29 is 22.9 Å². The van der Waals surface area contributed by atoms with E-state index in [9.17, 15) is 18.1 Å². The molecule has 3 atom stereocenters. The van der Waals surface area contributed by atoms with Crippen LogP contribution in [0.2, 0.25) is 0 Å². The first-order valence-electron chi connectivity index (χ1n) is 8.28. The van der Waals surface area contributed by atoms with Crippen LogP contribution in [0, 0.1) is 11.6 Å². The number of rotatable bonds is 3. The van der Waals surface area contributed by atoms with Crippen LogP contribution in [-0.4, -0.2) is 53.4 Å². The number of hydrogen-bond acceptors (Lipinski definition) is 5. The van der Waals surface area contributed by atoms with E-state index in [0.717, 1.165) is 25.0 Å². The van der Waals surface area contributed by atoms with Crippen molar-refractivity contribution in [3.8, 4) is 0 Å². The predicted octanol–water partition coefficient (Wildman–Crippen LogP) is 1.35. The van der Waals surface area contributed by atoms with E-state index >= 15 is 0 Å². The molecule has 1 amide bonds. The van der Waals surface area contributed by atoms with Gasteiger partial charge in [0.2, 0.25) is 0 Å². The van der Waals surface area contributed by atoms with Gasteiger partial charge in [0.15, 0.2) is 11.6 Å². The highest BCUT2D eigenvalue weighted by atomic mass is 32.2. The molecule has 9 heteroatoms. The Hall–Kier alpha value is -1.58. The van der Waals surface area contributed by atoms with Crippen molar-refractivity contribution in [1.82, 2.24) is 0 Å². The van der Waals surface area contributed by atoms with Gasteiger partial charge in [0.05, 0.1) is 24.3 Å². The first kappa shape index (κ1) is 16.9. The molecule has 2 bridgehead atoms. The Kier molecular flexibility index (Phi) is 4.25. The molecule has 3 aliphatic rings. The highest BCUT2D eigenvalue weighted by Gasteiger charge is 2.45. The van der Waals surface area contributed by atoms with Gasteiger partial charge >= 0.3 is 6.09 Å². The van der Waals surface area contributed by atoms with Gasteiger partial charge in [-0.3, -0.25) is 4.90 Å². The van der Waals surface area contributed by atoms with Crippen LogP contribution in [0.3, 0.4) is 0 Å². The molecule has 0 aliphatic carbocycles. The second-order valence-corrected chi connectivity index (χ2v) is 8.22. The second-order valence-electron chi connectivity index (χ2n) is 6.68. The molecule has 3 aliphatic heterocycles. The quantitative estimate of drug-likeness (QED) is 0.811. The van der Waals surface area contributed by atoms with Gasteiger partial charge in [-0.2, -0.15) is 0 Å². The Morgan fingerprint density at radius 2 is 1.84 bits per heavy atom. The third-order valence-electron chi connectivity index (χ3n) is 5.08. The number of carbonyl (C=O) groups is 1. The largest absolute Gasteiger partial charge is 0.616 e. The minimum absolute atomic E-state index is 0.0871. The highest BCUT2D eigenvalue weighted by Crippen LogP contribution is 2.40. The molecule has 0 saturated carbocycles. The van der Waals surface area contributed by atoms with Gasteiger partial charge in [-0.25, -0.2) is 13.6 Å². The number of fused-ring (bicyclic) bond motifs is 2. The zero-order chi connectivity index (χ0) is 17.7. The molecule has 2 unspecified atom stereocenters. The molecule has 0 spiro atoms. The van der Waals surface area contributed by atoms with Crippen molar-refractivity contribution in [2.45, 2.75) is 31.0 Å². The van der Waals surface area contributed by atoms with E-state index in [1.807, 2.05) is 0 Å². The maximum absolute atomic E-state index is 14.8. The van der Waals surface area contributed by atoms with Crippen LogP contribution in [0.4, 0.5) is 25.0 Å². The Morgan fingerprint density at radius 1 is 1.24 bits per heavy atom. The Morgan fingerprint density at radius 3 is 2.36 bits per heavy atom. The topological polar surface area (TPSA) is 81.9 Å². The number of amides is 1. The second kappa shape index (κ2) is 6.30. The molecule has 0 aromatic heterocycles. The number of hydrogen-bond donors (Lipinski definition) is 1. The van der Waals surface area contributed by atoms with Gasteiger partial charge in [-0.05, 0) is 24.0 Å². The molecule has 4 rings (SSSR count). The smallest absolute Gasteiger partial charge is 0.414 e. The lowest BCUT2D eigenvalue weighted by Crippen LogP contribution is -2.49. The zero-order valence-electron chi connectivity index (χ0n) is 13.5. The normalized spacial score (nSPS) is 31.6. The van der Waals surface area contributed by atoms with Crippen LogP contribution < -0.4 is 15.5 Å². The Labute approximate surface area is 147 Å². The van der Waals surface area contributed by atoms with Crippen molar-refractivity contribution in [1.29, 1.82) is 0 Å². The molecule has 0 radical (unpaired) electrons. The number of carbonyl (C=O) groups excluding carboxylic acids is 1. The molecule has 2 N–H and O–H groups in total. The molecule has 3 heterocycles. The number of cyclic esters (lactones) is 1. The monoisotopic (exact) mass is 371 g/mol. The molecule has 3 fully saturated rings. The lowest BCUT2D eigenvalue weighted by Gasteiger charge is -2.37. The summed E-state index contributed by atoms with van der Waals surface area (Å²) < 4.78 is 46.4. The maximum Gasteiger partial charge on any atom is 0.414 e. The van der Waals surface area contributed by atoms with Crippen molar-refractivity contribution in [2.75, 3.05) is 34.4 Å². The Balaban J connectivity index is 1.65. The van der Waals surface area contributed by atoms with E-state index in [-0.39, 0.29) is 36.5 Å². The van der Waals surface area contributed by atoms with Gasteiger partial charge in [-0.15, -0.1) is 0 Å². The van der Waals surface area contributed by atoms with Gasteiger partial charge in [0.1, 0.15) is 23.3 Å². The average molecular weight is 371 g/mol. The third-order valence-corrected chi connectivity index (χ3v) is 6.60. The highest BCUT2D eigenvalue weighted by molar-refractivity contribution is 7.91. The summed E-state index contributed by atoms with van der Waals surface area (Å²) in [4.78, 5) is 14.8. The van der Waals surface area contributed by atoms with E-state index in [0.29, 0.717) is 11.5 Å².